The van der Waals surface area contributed by atoms with Gasteiger partial charge in [0.2, 0.25) is 5.95 Å². The molecule has 0 radical (unpaired) electrons. The van der Waals surface area contributed by atoms with E-state index in [0.29, 0.717) is 47.4 Å². The van der Waals surface area contributed by atoms with E-state index in [1.807, 2.05) is 40.0 Å². The van der Waals surface area contributed by atoms with E-state index in [2.05, 4.69) is 19.9 Å². The Morgan fingerprint density at radius 3 is 2.65 bits per heavy atom. The highest BCUT2D eigenvalue weighted by Gasteiger charge is 2.32. The van der Waals surface area contributed by atoms with E-state index < -0.39 is 6.10 Å². The maximum atomic E-state index is 10.2. The first-order valence-corrected chi connectivity index (χ1v) is 14.9. The number of hydrogen-bond acceptors (Lipinski definition) is 11. The van der Waals surface area contributed by atoms with Gasteiger partial charge in [-0.05, 0) is 45.4 Å². The molecule has 1 atom stereocenters. The Morgan fingerprint density at radius 2 is 1.93 bits per heavy atom. The molecule has 226 valence electrons. The zero-order valence-electron chi connectivity index (χ0n) is 25.1. The third kappa shape index (κ3) is 5.76. The number of hydrogen-bond donors (Lipinski definition) is 1. The summed E-state index contributed by atoms with van der Waals surface area (Å²) in [5.74, 6) is 3.20. The van der Waals surface area contributed by atoms with Gasteiger partial charge in [0.05, 0.1) is 46.4 Å². The van der Waals surface area contributed by atoms with Crippen LogP contribution >= 0.6 is 11.6 Å². The first kappa shape index (κ1) is 29.3. The van der Waals surface area contributed by atoms with Crippen LogP contribution in [0.2, 0.25) is 5.02 Å². The molecule has 11 nitrogen and oxygen atoms in total. The van der Waals surface area contributed by atoms with Crippen LogP contribution in [0.4, 0.5) is 11.8 Å². The number of methoxy groups -OCH3 is 1. The van der Waals surface area contributed by atoms with Crippen LogP contribution in [0, 0.1) is 20.8 Å². The number of aliphatic hydroxyl groups is 1. The number of rotatable bonds is 10. The molecule has 2 aliphatic rings. The lowest BCUT2D eigenvalue weighted by Gasteiger charge is -2.38. The second kappa shape index (κ2) is 12.1. The molecule has 1 fully saturated rings. The number of halogens is 1. The molecule has 0 unspecified atom stereocenters. The molecule has 1 aromatic carbocycles. The van der Waals surface area contributed by atoms with Crippen LogP contribution in [0.1, 0.15) is 48.0 Å². The lowest BCUT2D eigenvalue weighted by Crippen LogP contribution is -2.52. The van der Waals surface area contributed by atoms with Crippen LogP contribution < -0.4 is 14.5 Å². The van der Waals surface area contributed by atoms with Crippen molar-refractivity contribution in [1.29, 1.82) is 0 Å². The Labute approximate surface area is 255 Å². The van der Waals surface area contributed by atoms with Gasteiger partial charge in [0, 0.05) is 49.6 Å². The lowest BCUT2D eigenvalue weighted by molar-refractivity contribution is 0.0778. The largest absolute Gasteiger partial charge is 0.491 e. The Bertz CT molecular complexity index is 1620. The summed E-state index contributed by atoms with van der Waals surface area (Å²) < 4.78 is 16.8. The normalized spacial score (nSPS) is 15.5. The van der Waals surface area contributed by atoms with Crippen LogP contribution in [0.25, 0.3) is 22.6 Å². The molecule has 0 saturated carbocycles. The van der Waals surface area contributed by atoms with E-state index in [1.165, 1.54) is 0 Å². The predicted octanol–water partition coefficient (Wildman–Crippen LogP) is 5.06. The van der Waals surface area contributed by atoms with Crippen molar-refractivity contribution in [2.75, 3.05) is 36.6 Å². The van der Waals surface area contributed by atoms with Gasteiger partial charge in [0.15, 0.2) is 5.82 Å². The Kier molecular flexibility index (Phi) is 8.21. The maximum Gasteiger partial charge on any atom is 0.225 e. The van der Waals surface area contributed by atoms with Gasteiger partial charge in [0.25, 0.3) is 0 Å². The van der Waals surface area contributed by atoms with Crippen molar-refractivity contribution < 1.29 is 19.1 Å². The van der Waals surface area contributed by atoms with Crippen LogP contribution in [-0.2, 0) is 17.8 Å². The molecule has 0 amide bonds. The van der Waals surface area contributed by atoms with Crippen LogP contribution in [-0.4, -0.2) is 69.2 Å². The number of aliphatic hydroxyl groups excluding tert-OH is 1. The van der Waals surface area contributed by atoms with Crippen molar-refractivity contribution in [3.8, 4) is 28.4 Å². The maximum absolute atomic E-state index is 10.2. The standard InChI is InChI=1S/C31H36ClN7O4/c1-6-7-21(40)16-42-22-8-9-25(32)24(10-22)29-35-28(27-18(3)37-43-19(27)4)17(2)30(36-29)38-12-20-11-33-31(34-26(20)15-38)39-13-23(14-39)41-5/h8-11,21,23,40H,6-7,12-16H2,1-5H3/t21-/m1/s1. The Morgan fingerprint density at radius 1 is 1.12 bits per heavy atom. The number of aromatic nitrogens is 5. The minimum atomic E-state index is -0.541. The van der Waals surface area contributed by atoms with E-state index in [-0.39, 0.29) is 12.7 Å². The van der Waals surface area contributed by atoms with E-state index in [4.69, 9.17) is 40.5 Å². The predicted molar refractivity (Wildman–Crippen MR) is 164 cm³/mol. The highest BCUT2D eigenvalue weighted by atomic mass is 35.5. The van der Waals surface area contributed by atoms with Crippen molar-refractivity contribution in [2.24, 2.45) is 0 Å². The zero-order valence-corrected chi connectivity index (χ0v) is 25.9. The number of aryl methyl sites for hydroxylation is 2. The molecule has 43 heavy (non-hydrogen) atoms. The average molecular weight is 606 g/mol. The summed E-state index contributed by atoms with van der Waals surface area (Å²) in [6.45, 7) is 10.8. The number of fused-ring (bicyclic) bond motifs is 1. The van der Waals surface area contributed by atoms with Gasteiger partial charge >= 0.3 is 0 Å². The van der Waals surface area contributed by atoms with Crippen LogP contribution in [0.15, 0.2) is 28.9 Å². The Balaban J connectivity index is 1.37. The minimum Gasteiger partial charge on any atom is -0.491 e. The number of ether oxygens (including phenoxy) is 2. The fourth-order valence-electron chi connectivity index (χ4n) is 5.57. The molecule has 2 aliphatic heterocycles. The fraction of sp³-hybridized carbons (Fsp3) is 0.452. The zero-order chi connectivity index (χ0) is 30.2. The van der Waals surface area contributed by atoms with Gasteiger partial charge in [-0.2, -0.15) is 0 Å². The summed E-state index contributed by atoms with van der Waals surface area (Å²) in [4.78, 5) is 23.9. The average Bonchev–Trinajstić information content (AvgIpc) is 3.54. The van der Waals surface area contributed by atoms with Crippen molar-refractivity contribution in [1.82, 2.24) is 25.1 Å². The number of anilines is 2. The van der Waals surface area contributed by atoms with E-state index in [0.717, 1.165) is 65.0 Å². The molecule has 6 rings (SSSR count). The number of benzene rings is 1. The van der Waals surface area contributed by atoms with E-state index in [9.17, 15) is 5.11 Å². The van der Waals surface area contributed by atoms with Crippen molar-refractivity contribution in [3.63, 3.8) is 0 Å². The third-order valence-electron chi connectivity index (χ3n) is 8.04. The molecular weight excluding hydrogens is 570 g/mol. The first-order valence-electron chi connectivity index (χ1n) is 14.6. The molecule has 5 heterocycles. The summed E-state index contributed by atoms with van der Waals surface area (Å²) in [5, 5.41) is 14.9. The Hall–Kier alpha value is -3.80. The smallest absolute Gasteiger partial charge is 0.225 e. The minimum absolute atomic E-state index is 0.192. The van der Waals surface area contributed by atoms with E-state index in [1.54, 1.807) is 19.2 Å². The summed E-state index contributed by atoms with van der Waals surface area (Å²) in [6.07, 6.45) is 3.13. The summed E-state index contributed by atoms with van der Waals surface area (Å²) >= 11 is 6.73. The summed E-state index contributed by atoms with van der Waals surface area (Å²) in [6, 6.07) is 5.38. The molecule has 0 spiro atoms. The summed E-state index contributed by atoms with van der Waals surface area (Å²) in [5.41, 5.74) is 5.87. The van der Waals surface area contributed by atoms with Crippen molar-refractivity contribution in [3.05, 3.63) is 57.7 Å². The SMILES string of the molecule is CCC[C@@H](O)COc1ccc(Cl)c(-c2nc(-c3c(C)noc3C)c(C)c(N3Cc4cnc(N5CC(OC)C5)nc4C3)n2)c1. The van der Waals surface area contributed by atoms with Crippen LogP contribution in [0.5, 0.6) is 5.75 Å². The molecule has 3 aromatic heterocycles. The second-order valence-electron chi connectivity index (χ2n) is 11.2. The highest BCUT2D eigenvalue weighted by Crippen LogP contribution is 2.39. The second-order valence-corrected chi connectivity index (χ2v) is 11.6. The van der Waals surface area contributed by atoms with Gasteiger partial charge in [-0.1, -0.05) is 30.1 Å². The van der Waals surface area contributed by atoms with E-state index >= 15 is 0 Å². The topological polar surface area (TPSA) is 123 Å². The van der Waals surface area contributed by atoms with Crippen molar-refractivity contribution >= 4 is 23.4 Å². The van der Waals surface area contributed by atoms with Gasteiger partial charge in [-0.3, -0.25) is 0 Å². The van der Waals surface area contributed by atoms with Gasteiger partial charge in [0.1, 0.15) is 23.9 Å². The monoisotopic (exact) mass is 605 g/mol. The van der Waals surface area contributed by atoms with Crippen molar-refractivity contribution in [2.45, 2.75) is 65.8 Å². The third-order valence-corrected chi connectivity index (χ3v) is 8.37. The van der Waals surface area contributed by atoms with Gasteiger partial charge < -0.3 is 28.9 Å². The molecule has 4 aromatic rings. The van der Waals surface area contributed by atoms with Gasteiger partial charge in [-0.25, -0.2) is 19.9 Å². The molecule has 0 bridgehead atoms. The molecule has 1 N–H and O–H groups in total. The molecule has 1 saturated heterocycles. The molecular formula is C31H36ClN7O4. The number of nitrogens with zero attached hydrogens (tertiary/aromatic N) is 7. The molecule has 12 heteroatoms. The lowest BCUT2D eigenvalue weighted by atomic mass is 10.0. The fourth-order valence-corrected chi connectivity index (χ4v) is 5.77. The first-order chi connectivity index (χ1) is 20.7. The molecule has 0 aliphatic carbocycles. The quantitative estimate of drug-likeness (QED) is 0.261. The summed E-state index contributed by atoms with van der Waals surface area (Å²) in [7, 11) is 1.73. The van der Waals surface area contributed by atoms with Crippen LogP contribution in [0.3, 0.4) is 0 Å². The van der Waals surface area contributed by atoms with Gasteiger partial charge in [-0.15, -0.1) is 0 Å². The highest BCUT2D eigenvalue weighted by molar-refractivity contribution is 6.33.